The quantitative estimate of drug-likeness (QED) is 0.769. The fourth-order valence-electron chi connectivity index (χ4n) is 2.84. The molecular weight excluding hydrogens is 321 g/mol. The first-order chi connectivity index (χ1) is 12.2. The van der Waals surface area contributed by atoms with Crippen LogP contribution in [0.3, 0.4) is 0 Å². The summed E-state index contributed by atoms with van der Waals surface area (Å²) in [6, 6.07) is 12.2. The molecule has 0 saturated heterocycles. The van der Waals surface area contributed by atoms with E-state index in [1.54, 1.807) is 12.1 Å². The van der Waals surface area contributed by atoms with Gasteiger partial charge in [-0.1, -0.05) is 17.3 Å². The first-order valence-corrected chi connectivity index (χ1v) is 8.26. The molecule has 0 aliphatic carbocycles. The Morgan fingerprint density at radius 3 is 2.88 bits per heavy atom. The Kier molecular flexibility index (Phi) is 4.19. The number of hydrogen-bond donors (Lipinski definition) is 1. The van der Waals surface area contributed by atoms with E-state index in [1.807, 2.05) is 13.0 Å². The fraction of sp³-hybridized carbons (Fsp3) is 0.263. The topological polar surface area (TPSA) is 60.2 Å². The lowest BCUT2D eigenvalue weighted by molar-refractivity contribution is 0.339. The molecule has 5 nitrogen and oxygen atoms in total. The van der Waals surface area contributed by atoms with E-state index in [0.29, 0.717) is 18.3 Å². The maximum absolute atomic E-state index is 13.0. The molecule has 1 aromatic heterocycles. The number of aromatic nitrogens is 2. The third-order valence-corrected chi connectivity index (χ3v) is 4.28. The second-order valence-electron chi connectivity index (χ2n) is 6.11. The van der Waals surface area contributed by atoms with Gasteiger partial charge < -0.3 is 14.6 Å². The van der Waals surface area contributed by atoms with E-state index < -0.39 is 0 Å². The summed E-state index contributed by atoms with van der Waals surface area (Å²) >= 11 is 0. The summed E-state index contributed by atoms with van der Waals surface area (Å²) in [5.74, 6) is 1.65. The molecule has 0 spiro atoms. The number of nitrogens with zero attached hydrogens (tertiary/aromatic N) is 2. The average Bonchev–Trinajstić information content (AvgIpc) is 3.29. The highest BCUT2D eigenvalue weighted by Gasteiger charge is 2.16. The van der Waals surface area contributed by atoms with Crippen molar-refractivity contribution in [1.29, 1.82) is 0 Å². The molecule has 4 rings (SSSR count). The van der Waals surface area contributed by atoms with Crippen molar-refractivity contribution >= 4 is 0 Å². The van der Waals surface area contributed by atoms with Gasteiger partial charge in [-0.3, -0.25) is 0 Å². The summed E-state index contributed by atoms with van der Waals surface area (Å²) in [5.41, 5.74) is 3.17. The molecule has 2 aromatic carbocycles. The van der Waals surface area contributed by atoms with Crippen LogP contribution in [0.5, 0.6) is 5.75 Å². The van der Waals surface area contributed by atoms with Gasteiger partial charge >= 0.3 is 0 Å². The van der Waals surface area contributed by atoms with E-state index in [1.165, 1.54) is 23.3 Å². The molecule has 0 saturated carbocycles. The SMILES string of the molecule is C[C@@H](NCc1ccc2c(c1)CCO2)c1nc(-c2ccc(F)cc2)no1. The van der Waals surface area contributed by atoms with Crippen molar-refractivity contribution in [2.75, 3.05) is 6.61 Å². The van der Waals surface area contributed by atoms with Crippen molar-refractivity contribution in [2.45, 2.75) is 25.9 Å². The lowest BCUT2D eigenvalue weighted by Crippen LogP contribution is -2.18. The number of ether oxygens (including phenoxy) is 1. The van der Waals surface area contributed by atoms with E-state index >= 15 is 0 Å². The molecule has 1 aliphatic heterocycles. The molecule has 25 heavy (non-hydrogen) atoms. The molecule has 1 atom stereocenters. The monoisotopic (exact) mass is 339 g/mol. The minimum absolute atomic E-state index is 0.0915. The van der Waals surface area contributed by atoms with Crippen LogP contribution in [0, 0.1) is 5.82 Å². The molecule has 2 heterocycles. The minimum Gasteiger partial charge on any atom is -0.493 e. The number of nitrogens with one attached hydrogen (secondary N) is 1. The standard InChI is InChI=1S/C19H18FN3O2/c1-12(21-11-13-2-7-17-15(10-13)8-9-24-17)19-22-18(23-25-19)14-3-5-16(20)6-4-14/h2-7,10,12,21H,8-9,11H2,1H3/t12-/m1/s1. The van der Waals surface area contributed by atoms with E-state index in [2.05, 4.69) is 27.6 Å². The highest BCUT2D eigenvalue weighted by molar-refractivity contribution is 5.53. The average molecular weight is 339 g/mol. The van der Waals surface area contributed by atoms with Gasteiger partial charge in [0, 0.05) is 18.5 Å². The summed E-state index contributed by atoms with van der Waals surface area (Å²) in [5, 5.41) is 7.36. The number of hydrogen-bond acceptors (Lipinski definition) is 5. The Morgan fingerprint density at radius 2 is 2.04 bits per heavy atom. The van der Waals surface area contributed by atoms with Gasteiger partial charge in [-0.15, -0.1) is 0 Å². The highest BCUT2D eigenvalue weighted by Crippen LogP contribution is 2.26. The Hall–Kier alpha value is -2.73. The Morgan fingerprint density at radius 1 is 1.20 bits per heavy atom. The molecule has 6 heteroatoms. The summed E-state index contributed by atoms with van der Waals surface area (Å²) in [6.07, 6.45) is 0.962. The predicted molar refractivity (Wildman–Crippen MR) is 90.6 cm³/mol. The van der Waals surface area contributed by atoms with E-state index in [9.17, 15) is 4.39 Å². The second-order valence-corrected chi connectivity index (χ2v) is 6.11. The van der Waals surface area contributed by atoms with Gasteiger partial charge in [0.1, 0.15) is 11.6 Å². The smallest absolute Gasteiger partial charge is 0.243 e. The first-order valence-electron chi connectivity index (χ1n) is 8.26. The molecule has 1 aliphatic rings. The van der Waals surface area contributed by atoms with Crippen molar-refractivity contribution < 1.29 is 13.7 Å². The molecular formula is C19H18FN3O2. The van der Waals surface area contributed by atoms with Crippen LogP contribution in [0.15, 0.2) is 47.0 Å². The molecule has 1 N–H and O–H groups in total. The third kappa shape index (κ3) is 3.39. The molecule has 128 valence electrons. The lowest BCUT2D eigenvalue weighted by atomic mass is 10.1. The molecule has 0 unspecified atom stereocenters. The van der Waals surface area contributed by atoms with Gasteiger partial charge in [-0.25, -0.2) is 4.39 Å². The maximum Gasteiger partial charge on any atom is 0.243 e. The summed E-state index contributed by atoms with van der Waals surface area (Å²) in [6.45, 7) is 3.43. The number of fused-ring (bicyclic) bond motifs is 1. The van der Waals surface area contributed by atoms with E-state index in [-0.39, 0.29) is 11.9 Å². The maximum atomic E-state index is 13.0. The van der Waals surface area contributed by atoms with Gasteiger partial charge in [0.25, 0.3) is 0 Å². The van der Waals surface area contributed by atoms with Crippen molar-refractivity contribution in [3.8, 4) is 17.1 Å². The largest absolute Gasteiger partial charge is 0.493 e. The Balaban J connectivity index is 1.41. The van der Waals surface area contributed by atoms with Crippen molar-refractivity contribution in [3.05, 3.63) is 65.3 Å². The number of halogens is 1. The van der Waals surface area contributed by atoms with Crippen LogP contribution in [-0.2, 0) is 13.0 Å². The summed E-state index contributed by atoms with van der Waals surface area (Å²) < 4.78 is 23.9. The van der Waals surface area contributed by atoms with Gasteiger partial charge in [0.05, 0.1) is 12.6 Å². The summed E-state index contributed by atoms with van der Waals surface area (Å²) in [7, 11) is 0. The lowest BCUT2D eigenvalue weighted by Gasteiger charge is -2.10. The van der Waals surface area contributed by atoms with Gasteiger partial charge in [0.15, 0.2) is 0 Å². The molecule has 0 bridgehead atoms. The van der Waals surface area contributed by atoms with Crippen LogP contribution in [-0.4, -0.2) is 16.7 Å². The van der Waals surface area contributed by atoms with Crippen LogP contribution in [0.1, 0.15) is 30.0 Å². The zero-order valence-electron chi connectivity index (χ0n) is 13.8. The van der Waals surface area contributed by atoms with Crippen LogP contribution < -0.4 is 10.1 Å². The van der Waals surface area contributed by atoms with Crippen LogP contribution in [0.4, 0.5) is 4.39 Å². The van der Waals surface area contributed by atoms with Crippen molar-refractivity contribution in [3.63, 3.8) is 0 Å². The first kappa shape index (κ1) is 15.8. The van der Waals surface area contributed by atoms with Crippen molar-refractivity contribution in [1.82, 2.24) is 15.5 Å². The Labute approximate surface area is 144 Å². The third-order valence-electron chi connectivity index (χ3n) is 4.28. The van der Waals surface area contributed by atoms with Crippen molar-refractivity contribution in [2.24, 2.45) is 0 Å². The van der Waals surface area contributed by atoms with Gasteiger partial charge in [0.2, 0.25) is 11.7 Å². The zero-order valence-corrected chi connectivity index (χ0v) is 13.8. The van der Waals surface area contributed by atoms with Crippen LogP contribution in [0.2, 0.25) is 0 Å². The molecule has 0 radical (unpaired) electrons. The predicted octanol–water partition coefficient (Wildman–Crippen LogP) is 3.66. The van der Waals surface area contributed by atoms with E-state index in [0.717, 1.165) is 24.3 Å². The number of rotatable bonds is 5. The van der Waals surface area contributed by atoms with Crippen LogP contribution >= 0.6 is 0 Å². The van der Waals surface area contributed by atoms with Crippen LogP contribution in [0.25, 0.3) is 11.4 Å². The molecule has 0 fully saturated rings. The molecule has 0 amide bonds. The Bertz CT molecular complexity index is 877. The second kappa shape index (κ2) is 6.64. The molecule has 3 aromatic rings. The fourth-order valence-corrected chi connectivity index (χ4v) is 2.84. The van der Waals surface area contributed by atoms with Gasteiger partial charge in [-0.2, -0.15) is 4.98 Å². The van der Waals surface area contributed by atoms with E-state index in [4.69, 9.17) is 9.26 Å². The van der Waals surface area contributed by atoms with Gasteiger partial charge in [-0.05, 0) is 48.4 Å². The summed E-state index contributed by atoms with van der Waals surface area (Å²) in [4.78, 5) is 4.40. The normalized spacial score (nSPS) is 14.2. The number of benzene rings is 2. The minimum atomic E-state index is -0.290. The zero-order chi connectivity index (χ0) is 17.2. The highest BCUT2D eigenvalue weighted by atomic mass is 19.1.